The molecule has 0 saturated carbocycles. The Hall–Kier alpha value is -3.37. The Balaban J connectivity index is 1.59. The van der Waals surface area contributed by atoms with E-state index < -0.39 is 15.7 Å². The smallest absolute Gasteiger partial charge is 0.323 e. The molecule has 0 aliphatic rings. The number of carbonyl (C=O) groups excluding carboxylic acids is 1. The van der Waals surface area contributed by atoms with Crippen molar-refractivity contribution in [3.8, 4) is 0 Å². The molecule has 0 fully saturated rings. The van der Waals surface area contributed by atoms with Crippen molar-refractivity contribution in [1.29, 1.82) is 0 Å². The Kier molecular flexibility index (Phi) is 4.95. The van der Waals surface area contributed by atoms with Crippen molar-refractivity contribution in [3.05, 3.63) is 80.9 Å². The Morgan fingerprint density at radius 2 is 1.79 bits per heavy atom. The molecule has 0 aliphatic carbocycles. The van der Waals surface area contributed by atoms with Crippen molar-refractivity contribution in [2.45, 2.75) is 11.4 Å². The van der Waals surface area contributed by atoms with Crippen molar-refractivity contribution < 1.29 is 13.2 Å². The Labute approximate surface area is 169 Å². The van der Waals surface area contributed by atoms with E-state index in [2.05, 4.69) is 20.0 Å². The molecule has 1 amide bonds. The third-order valence-electron chi connectivity index (χ3n) is 4.22. The van der Waals surface area contributed by atoms with Gasteiger partial charge in [0.25, 0.3) is 15.9 Å². The number of para-hydroxylation sites is 1. The molecule has 2 aromatic heterocycles. The lowest BCUT2D eigenvalue weighted by atomic mass is 10.1. The van der Waals surface area contributed by atoms with Crippen molar-refractivity contribution in [3.63, 3.8) is 0 Å². The second-order valence-electron chi connectivity index (χ2n) is 6.20. The lowest BCUT2D eigenvalue weighted by Crippen LogP contribution is -2.24. The van der Waals surface area contributed by atoms with Crippen LogP contribution in [-0.2, 0) is 16.6 Å². The first-order valence-corrected chi connectivity index (χ1v) is 10.9. The minimum Gasteiger partial charge on any atom is -0.347 e. The average molecular weight is 428 g/mol. The van der Waals surface area contributed by atoms with Gasteiger partial charge in [-0.3, -0.25) is 9.52 Å². The van der Waals surface area contributed by atoms with E-state index in [1.807, 2.05) is 17.5 Å². The number of H-pyrrole nitrogens is 2. The highest BCUT2D eigenvalue weighted by Gasteiger charge is 2.19. The maximum absolute atomic E-state index is 12.8. The quantitative estimate of drug-likeness (QED) is 0.377. The number of anilines is 1. The number of nitrogens with one attached hydrogen (secondary N) is 4. The van der Waals surface area contributed by atoms with Gasteiger partial charge in [0.1, 0.15) is 0 Å². The zero-order valence-corrected chi connectivity index (χ0v) is 16.6. The minimum atomic E-state index is -3.97. The van der Waals surface area contributed by atoms with Gasteiger partial charge in [-0.05, 0) is 41.8 Å². The zero-order chi connectivity index (χ0) is 20.4. The molecule has 0 bridgehead atoms. The van der Waals surface area contributed by atoms with Gasteiger partial charge in [0.15, 0.2) is 0 Å². The van der Waals surface area contributed by atoms with Crippen LogP contribution in [0, 0.1) is 0 Å². The van der Waals surface area contributed by atoms with E-state index in [4.69, 9.17) is 0 Å². The predicted molar refractivity (Wildman–Crippen MR) is 112 cm³/mol. The second-order valence-corrected chi connectivity index (χ2v) is 8.91. The molecule has 2 aromatic carbocycles. The summed E-state index contributed by atoms with van der Waals surface area (Å²) in [4.78, 5) is 30.0. The zero-order valence-electron chi connectivity index (χ0n) is 14.9. The molecule has 4 rings (SSSR count). The number of fused-ring (bicyclic) bond motifs is 1. The number of amides is 1. The topological polar surface area (TPSA) is 124 Å². The molecule has 0 atom stereocenters. The Morgan fingerprint density at radius 1 is 1.00 bits per heavy atom. The number of imidazole rings is 1. The summed E-state index contributed by atoms with van der Waals surface area (Å²) in [7, 11) is -3.97. The number of thiophene rings is 1. The molecule has 0 unspecified atom stereocenters. The lowest BCUT2D eigenvalue weighted by molar-refractivity contribution is 0.0952. The van der Waals surface area contributed by atoms with E-state index in [0.717, 1.165) is 4.88 Å². The summed E-state index contributed by atoms with van der Waals surface area (Å²) in [6.45, 7) is 0.356. The summed E-state index contributed by atoms with van der Waals surface area (Å²) in [6, 6.07) is 14.4. The van der Waals surface area contributed by atoms with Gasteiger partial charge < -0.3 is 15.3 Å². The van der Waals surface area contributed by atoms with Crippen LogP contribution < -0.4 is 15.7 Å². The van der Waals surface area contributed by atoms with E-state index in [0.29, 0.717) is 17.6 Å². The van der Waals surface area contributed by atoms with Crippen LogP contribution >= 0.6 is 11.3 Å². The molecule has 0 saturated heterocycles. The first kappa shape index (κ1) is 19.0. The molecule has 0 radical (unpaired) electrons. The predicted octanol–water partition coefficient (Wildman–Crippen LogP) is 2.65. The summed E-state index contributed by atoms with van der Waals surface area (Å²) in [6.07, 6.45) is 0. The van der Waals surface area contributed by atoms with Crippen LogP contribution in [0.3, 0.4) is 0 Å². The molecule has 29 heavy (non-hydrogen) atoms. The van der Waals surface area contributed by atoms with Gasteiger partial charge in [-0.15, -0.1) is 11.3 Å². The third-order valence-corrected chi connectivity index (χ3v) is 6.46. The second kappa shape index (κ2) is 7.57. The van der Waals surface area contributed by atoms with E-state index in [-0.39, 0.29) is 22.1 Å². The van der Waals surface area contributed by atoms with Gasteiger partial charge in [0, 0.05) is 4.88 Å². The van der Waals surface area contributed by atoms with Crippen molar-refractivity contribution in [2.24, 2.45) is 0 Å². The van der Waals surface area contributed by atoms with Crippen molar-refractivity contribution >= 4 is 44.0 Å². The van der Waals surface area contributed by atoms with Crippen LogP contribution in [-0.4, -0.2) is 24.3 Å². The van der Waals surface area contributed by atoms with Crippen LogP contribution in [0.1, 0.15) is 15.2 Å². The highest BCUT2D eigenvalue weighted by Crippen LogP contribution is 2.22. The summed E-state index contributed by atoms with van der Waals surface area (Å²) >= 11 is 1.52. The highest BCUT2D eigenvalue weighted by atomic mass is 32.2. The number of hydrogen-bond acceptors (Lipinski definition) is 5. The average Bonchev–Trinajstić information content (AvgIpc) is 3.34. The van der Waals surface area contributed by atoms with Crippen molar-refractivity contribution in [1.82, 2.24) is 15.3 Å². The van der Waals surface area contributed by atoms with Gasteiger partial charge >= 0.3 is 5.69 Å². The molecule has 8 nitrogen and oxygen atoms in total. The molecule has 10 heteroatoms. The maximum Gasteiger partial charge on any atom is 0.323 e. The monoisotopic (exact) mass is 428 g/mol. The highest BCUT2D eigenvalue weighted by molar-refractivity contribution is 7.92. The number of carbonyl (C=O) groups is 1. The van der Waals surface area contributed by atoms with Gasteiger partial charge in [-0.1, -0.05) is 18.2 Å². The molecule has 148 valence electrons. The van der Waals surface area contributed by atoms with Crippen LogP contribution in [0.5, 0.6) is 0 Å². The first-order valence-electron chi connectivity index (χ1n) is 8.57. The normalized spacial score (nSPS) is 11.4. The SMILES string of the molecule is O=C(NCc1cccs1)c1ccccc1NS(=O)(=O)c1ccc2[nH]c(=O)[nH]c2c1. The molecule has 4 N–H and O–H groups in total. The molecule has 0 aliphatic heterocycles. The van der Waals surface area contributed by atoms with Gasteiger partial charge in [-0.2, -0.15) is 0 Å². The lowest BCUT2D eigenvalue weighted by Gasteiger charge is -2.12. The molecular formula is C19H16N4O4S2. The largest absolute Gasteiger partial charge is 0.347 e. The maximum atomic E-state index is 12.8. The van der Waals surface area contributed by atoms with E-state index in [1.54, 1.807) is 18.2 Å². The molecule has 4 aromatic rings. The van der Waals surface area contributed by atoms with Crippen LogP contribution in [0.4, 0.5) is 5.69 Å². The van der Waals surface area contributed by atoms with Crippen molar-refractivity contribution in [2.75, 3.05) is 4.72 Å². The number of hydrogen-bond donors (Lipinski definition) is 4. The number of benzene rings is 2. The first-order chi connectivity index (χ1) is 13.9. The molecule has 0 spiro atoms. The van der Waals surface area contributed by atoms with E-state index >= 15 is 0 Å². The number of aromatic amines is 2. The fraction of sp³-hybridized carbons (Fsp3) is 0.0526. The Morgan fingerprint density at radius 3 is 2.59 bits per heavy atom. The van der Waals surface area contributed by atoms with Crippen LogP contribution in [0.25, 0.3) is 11.0 Å². The Bertz CT molecular complexity index is 1340. The standard InChI is InChI=1S/C19H16N4O4S2/c24-18(20-11-12-4-3-9-28-12)14-5-1-2-6-15(14)23-29(26,27)13-7-8-16-17(10-13)22-19(25)21-16/h1-10,23H,11H2,(H,20,24)(H2,21,22,25). The fourth-order valence-corrected chi connectivity index (χ4v) is 4.58. The number of rotatable bonds is 6. The van der Waals surface area contributed by atoms with Gasteiger partial charge in [-0.25, -0.2) is 13.2 Å². The fourth-order valence-electron chi connectivity index (χ4n) is 2.83. The van der Waals surface area contributed by atoms with Crippen LogP contribution in [0.15, 0.2) is 69.7 Å². The third kappa shape index (κ3) is 4.08. The van der Waals surface area contributed by atoms with Gasteiger partial charge in [0.2, 0.25) is 0 Å². The molecule has 2 heterocycles. The molecular weight excluding hydrogens is 412 g/mol. The van der Waals surface area contributed by atoms with Crippen LogP contribution in [0.2, 0.25) is 0 Å². The minimum absolute atomic E-state index is 0.0333. The number of sulfonamides is 1. The van der Waals surface area contributed by atoms with Gasteiger partial charge in [0.05, 0.1) is 33.7 Å². The van der Waals surface area contributed by atoms with E-state index in [1.165, 1.54) is 35.6 Å². The summed E-state index contributed by atoms with van der Waals surface area (Å²) in [5, 5.41) is 4.70. The number of aromatic nitrogens is 2. The summed E-state index contributed by atoms with van der Waals surface area (Å²) < 4.78 is 28.1. The summed E-state index contributed by atoms with van der Waals surface area (Å²) in [5.74, 6) is -0.387. The van der Waals surface area contributed by atoms with E-state index in [9.17, 15) is 18.0 Å². The summed E-state index contributed by atoms with van der Waals surface area (Å²) in [5.41, 5.74) is 0.833.